The van der Waals surface area contributed by atoms with Crippen LogP contribution in [0, 0.1) is 6.92 Å². The van der Waals surface area contributed by atoms with E-state index >= 15 is 0 Å². The van der Waals surface area contributed by atoms with Crippen LogP contribution in [0.2, 0.25) is 0 Å². The van der Waals surface area contributed by atoms with Crippen molar-refractivity contribution in [3.05, 3.63) is 17.6 Å². The van der Waals surface area contributed by atoms with Crippen molar-refractivity contribution in [2.45, 2.75) is 46.6 Å². The molecule has 2 rings (SSSR count). The molecule has 1 aromatic heterocycles. The quantitative estimate of drug-likeness (QED) is 0.833. The monoisotopic (exact) mass is 262 g/mol. The van der Waals surface area contributed by atoms with E-state index in [0.29, 0.717) is 6.04 Å². The summed E-state index contributed by atoms with van der Waals surface area (Å²) in [7, 11) is 0. The van der Waals surface area contributed by atoms with Gasteiger partial charge in [0.25, 0.3) is 0 Å². The largest absolute Gasteiger partial charge is 0.354 e. The maximum absolute atomic E-state index is 4.61. The summed E-state index contributed by atoms with van der Waals surface area (Å²) in [5, 5.41) is 0. The zero-order valence-corrected chi connectivity index (χ0v) is 12.7. The first-order valence-corrected chi connectivity index (χ1v) is 7.43. The van der Waals surface area contributed by atoms with Crippen molar-refractivity contribution in [2.24, 2.45) is 0 Å². The molecule has 106 valence electrons. The van der Waals surface area contributed by atoms with Crippen LogP contribution in [0.3, 0.4) is 0 Å². The summed E-state index contributed by atoms with van der Waals surface area (Å²) >= 11 is 0. The van der Waals surface area contributed by atoms with Crippen molar-refractivity contribution in [2.75, 3.05) is 31.1 Å². The molecular weight excluding hydrogens is 236 g/mol. The molecule has 2 heterocycles. The van der Waals surface area contributed by atoms with E-state index in [1.54, 1.807) is 0 Å². The number of nitrogens with zero attached hydrogens (tertiary/aromatic N) is 4. The van der Waals surface area contributed by atoms with Crippen LogP contribution in [0.1, 0.15) is 38.7 Å². The van der Waals surface area contributed by atoms with Crippen LogP contribution in [-0.4, -0.2) is 47.1 Å². The molecule has 0 unspecified atom stereocenters. The minimum atomic E-state index is 0.643. The van der Waals surface area contributed by atoms with Gasteiger partial charge in [0.15, 0.2) is 0 Å². The summed E-state index contributed by atoms with van der Waals surface area (Å²) in [4.78, 5) is 14.0. The second-order valence-corrected chi connectivity index (χ2v) is 5.63. The van der Waals surface area contributed by atoms with Gasteiger partial charge in [0.1, 0.15) is 11.6 Å². The lowest BCUT2D eigenvalue weighted by Crippen LogP contribution is -2.49. The Morgan fingerprint density at radius 2 is 1.84 bits per heavy atom. The van der Waals surface area contributed by atoms with E-state index in [4.69, 9.17) is 0 Å². The zero-order chi connectivity index (χ0) is 13.8. The molecule has 1 aliphatic heterocycles. The third-order valence-corrected chi connectivity index (χ3v) is 3.75. The molecule has 1 aliphatic rings. The van der Waals surface area contributed by atoms with E-state index in [1.165, 1.54) is 5.69 Å². The number of piperazine rings is 1. The first-order chi connectivity index (χ1) is 9.10. The number of hydrogen-bond donors (Lipinski definition) is 0. The Morgan fingerprint density at radius 3 is 2.42 bits per heavy atom. The topological polar surface area (TPSA) is 32.3 Å². The van der Waals surface area contributed by atoms with Gasteiger partial charge in [-0.2, -0.15) is 0 Å². The van der Waals surface area contributed by atoms with Gasteiger partial charge in [-0.25, -0.2) is 9.97 Å². The van der Waals surface area contributed by atoms with Gasteiger partial charge in [-0.1, -0.05) is 13.3 Å². The Morgan fingerprint density at radius 1 is 1.16 bits per heavy atom. The average Bonchev–Trinajstić information content (AvgIpc) is 2.38. The molecular formula is C15H26N4. The van der Waals surface area contributed by atoms with Crippen molar-refractivity contribution >= 4 is 5.82 Å². The fraction of sp³-hybridized carbons (Fsp3) is 0.733. The number of rotatable bonds is 4. The first kappa shape index (κ1) is 14.3. The van der Waals surface area contributed by atoms with Crippen molar-refractivity contribution in [1.29, 1.82) is 0 Å². The van der Waals surface area contributed by atoms with Crippen LogP contribution in [0.5, 0.6) is 0 Å². The van der Waals surface area contributed by atoms with E-state index in [-0.39, 0.29) is 0 Å². The van der Waals surface area contributed by atoms with Crippen LogP contribution in [-0.2, 0) is 6.42 Å². The second kappa shape index (κ2) is 6.33. The van der Waals surface area contributed by atoms with Gasteiger partial charge in [0, 0.05) is 44.0 Å². The summed E-state index contributed by atoms with van der Waals surface area (Å²) in [6.45, 7) is 13.1. The molecule has 0 aliphatic carbocycles. The minimum Gasteiger partial charge on any atom is -0.354 e. The Balaban J connectivity index is 2.06. The van der Waals surface area contributed by atoms with Crippen LogP contribution >= 0.6 is 0 Å². The number of anilines is 1. The van der Waals surface area contributed by atoms with Crippen molar-refractivity contribution < 1.29 is 0 Å². The molecule has 1 aromatic rings. The molecule has 0 atom stereocenters. The van der Waals surface area contributed by atoms with E-state index in [0.717, 1.165) is 50.7 Å². The second-order valence-electron chi connectivity index (χ2n) is 5.63. The molecule has 0 radical (unpaired) electrons. The predicted octanol–water partition coefficient (Wildman–Crippen LogP) is 2.27. The predicted molar refractivity (Wildman–Crippen MR) is 79.7 cm³/mol. The summed E-state index contributed by atoms with van der Waals surface area (Å²) in [5.74, 6) is 2.01. The lowest BCUT2D eigenvalue weighted by molar-refractivity contribution is 0.209. The molecule has 1 fully saturated rings. The van der Waals surface area contributed by atoms with Crippen molar-refractivity contribution in [3.8, 4) is 0 Å². The molecule has 19 heavy (non-hydrogen) atoms. The standard InChI is InChI=1S/C15H26N4/c1-5-6-14-11-15(17-13(4)16-14)19-9-7-18(8-10-19)12(2)3/h11-12H,5-10H2,1-4H3. The minimum absolute atomic E-state index is 0.643. The lowest BCUT2D eigenvalue weighted by Gasteiger charge is -2.37. The van der Waals surface area contributed by atoms with Gasteiger partial charge in [-0.15, -0.1) is 0 Å². The van der Waals surface area contributed by atoms with Gasteiger partial charge < -0.3 is 4.90 Å². The van der Waals surface area contributed by atoms with Crippen LogP contribution < -0.4 is 4.90 Å². The number of aryl methyl sites for hydroxylation is 2. The van der Waals surface area contributed by atoms with E-state index in [2.05, 4.69) is 46.6 Å². The number of hydrogen-bond acceptors (Lipinski definition) is 4. The normalized spacial score (nSPS) is 17.2. The molecule has 4 heteroatoms. The summed E-state index contributed by atoms with van der Waals surface area (Å²) in [6.07, 6.45) is 2.18. The Hall–Kier alpha value is -1.16. The Kier molecular flexibility index (Phi) is 4.75. The molecule has 0 aromatic carbocycles. The third-order valence-electron chi connectivity index (χ3n) is 3.75. The van der Waals surface area contributed by atoms with Gasteiger partial charge in [-0.05, 0) is 27.2 Å². The molecule has 0 amide bonds. The van der Waals surface area contributed by atoms with E-state index in [1.807, 2.05) is 6.92 Å². The van der Waals surface area contributed by atoms with Crippen molar-refractivity contribution in [3.63, 3.8) is 0 Å². The van der Waals surface area contributed by atoms with Crippen LogP contribution in [0.4, 0.5) is 5.82 Å². The van der Waals surface area contributed by atoms with Gasteiger partial charge in [-0.3, -0.25) is 4.90 Å². The molecule has 0 saturated carbocycles. The molecule has 0 bridgehead atoms. The smallest absolute Gasteiger partial charge is 0.132 e. The highest BCUT2D eigenvalue weighted by Gasteiger charge is 2.20. The van der Waals surface area contributed by atoms with Crippen LogP contribution in [0.25, 0.3) is 0 Å². The molecule has 0 N–H and O–H groups in total. The van der Waals surface area contributed by atoms with Crippen molar-refractivity contribution in [1.82, 2.24) is 14.9 Å². The van der Waals surface area contributed by atoms with E-state index in [9.17, 15) is 0 Å². The number of aromatic nitrogens is 2. The average molecular weight is 262 g/mol. The highest BCUT2D eigenvalue weighted by atomic mass is 15.3. The molecule has 1 saturated heterocycles. The third kappa shape index (κ3) is 3.66. The first-order valence-electron chi connectivity index (χ1n) is 7.43. The molecule has 4 nitrogen and oxygen atoms in total. The highest BCUT2D eigenvalue weighted by molar-refractivity contribution is 5.40. The summed E-state index contributed by atoms with van der Waals surface area (Å²) in [5.41, 5.74) is 1.18. The lowest BCUT2D eigenvalue weighted by atomic mass is 10.2. The Labute approximate surface area is 116 Å². The summed E-state index contributed by atoms with van der Waals surface area (Å²) in [6, 6.07) is 2.81. The summed E-state index contributed by atoms with van der Waals surface area (Å²) < 4.78 is 0. The van der Waals surface area contributed by atoms with E-state index < -0.39 is 0 Å². The fourth-order valence-corrected chi connectivity index (χ4v) is 2.63. The van der Waals surface area contributed by atoms with Gasteiger partial charge in [0.2, 0.25) is 0 Å². The zero-order valence-electron chi connectivity index (χ0n) is 12.7. The maximum atomic E-state index is 4.61. The van der Waals surface area contributed by atoms with Gasteiger partial charge >= 0.3 is 0 Å². The van der Waals surface area contributed by atoms with Crippen LogP contribution in [0.15, 0.2) is 6.07 Å². The Bertz CT molecular complexity index is 409. The fourth-order valence-electron chi connectivity index (χ4n) is 2.63. The SMILES string of the molecule is CCCc1cc(N2CCN(C(C)C)CC2)nc(C)n1. The molecule has 0 spiro atoms. The van der Waals surface area contributed by atoms with Gasteiger partial charge in [0.05, 0.1) is 0 Å². The highest BCUT2D eigenvalue weighted by Crippen LogP contribution is 2.17. The maximum Gasteiger partial charge on any atom is 0.132 e.